The van der Waals surface area contributed by atoms with E-state index in [2.05, 4.69) is 10.1 Å². The lowest BCUT2D eigenvalue weighted by Crippen LogP contribution is -1.88. The average Bonchev–Trinajstić information content (AvgIpc) is 3.14. The third-order valence-corrected chi connectivity index (χ3v) is 4.81. The molecular weight excluding hydrogens is 286 g/mol. The lowest BCUT2D eigenvalue weighted by molar-refractivity contribution is 0.432. The van der Waals surface area contributed by atoms with Crippen LogP contribution in [0.4, 0.5) is 5.00 Å². The monoisotopic (exact) mass is 299 g/mol. The molecule has 3 N–H and O–H groups in total. The van der Waals surface area contributed by atoms with Gasteiger partial charge in [-0.1, -0.05) is 17.3 Å². The van der Waals surface area contributed by atoms with E-state index in [0.29, 0.717) is 11.7 Å². The van der Waals surface area contributed by atoms with Gasteiger partial charge in [0.15, 0.2) is 0 Å². The van der Waals surface area contributed by atoms with Gasteiger partial charge in [0.25, 0.3) is 5.89 Å². The Morgan fingerprint density at radius 1 is 1.29 bits per heavy atom. The Balaban J connectivity index is 1.79. The van der Waals surface area contributed by atoms with Crippen LogP contribution in [-0.2, 0) is 12.8 Å². The topological polar surface area (TPSA) is 85.2 Å². The molecular formula is C15H13N3O2S. The van der Waals surface area contributed by atoms with Gasteiger partial charge in [-0.2, -0.15) is 4.98 Å². The summed E-state index contributed by atoms with van der Waals surface area (Å²) in [6.07, 6.45) is 3.25. The summed E-state index contributed by atoms with van der Waals surface area (Å²) in [5, 5.41) is 14.3. The molecule has 2 heterocycles. The maximum absolute atomic E-state index is 9.53. The Bertz CT molecular complexity index is 822. The van der Waals surface area contributed by atoms with Gasteiger partial charge in [-0.3, -0.25) is 0 Å². The van der Waals surface area contributed by atoms with Gasteiger partial charge in [-0.05, 0) is 37.0 Å². The highest BCUT2D eigenvalue weighted by Crippen LogP contribution is 2.43. The van der Waals surface area contributed by atoms with E-state index in [1.54, 1.807) is 29.5 Å². The van der Waals surface area contributed by atoms with Crippen molar-refractivity contribution in [3.05, 3.63) is 34.7 Å². The third-order valence-electron chi connectivity index (χ3n) is 3.69. The van der Waals surface area contributed by atoms with E-state index < -0.39 is 0 Å². The number of aryl methyl sites for hydroxylation is 1. The van der Waals surface area contributed by atoms with Gasteiger partial charge in [0, 0.05) is 10.4 Å². The van der Waals surface area contributed by atoms with Crippen LogP contribution in [0.25, 0.3) is 22.8 Å². The normalized spacial score (nSPS) is 13.5. The summed E-state index contributed by atoms with van der Waals surface area (Å²) >= 11 is 1.62. The SMILES string of the molecule is Nc1sc2c(c1-c1nc(-c3cccc(O)c3)no1)CCC2. The van der Waals surface area contributed by atoms with Crippen LogP contribution in [-0.4, -0.2) is 15.2 Å². The first-order chi connectivity index (χ1) is 10.2. The van der Waals surface area contributed by atoms with Crippen LogP contribution < -0.4 is 5.73 Å². The molecule has 4 rings (SSSR count). The maximum atomic E-state index is 9.53. The number of fused-ring (bicyclic) bond motifs is 1. The predicted molar refractivity (Wildman–Crippen MR) is 81.1 cm³/mol. The molecule has 1 aromatic carbocycles. The summed E-state index contributed by atoms with van der Waals surface area (Å²) in [5.41, 5.74) is 8.97. The molecule has 0 aliphatic heterocycles. The Kier molecular flexibility index (Phi) is 2.71. The Hall–Kier alpha value is -2.34. The molecule has 1 aliphatic carbocycles. The molecule has 0 spiro atoms. The number of anilines is 1. The maximum Gasteiger partial charge on any atom is 0.261 e. The minimum atomic E-state index is 0.176. The molecule has 0 bridgehead atoms. The predicted octanol–water partition coefficient (Wildman–Crippen LogP) is 3.24. The lowest BCUT2D eigenvalue weighted by Gasteiger charge is -1.97. The van der Waals surface area contributed by atoms with E-state index in [4.69, 9.17) is 10.3 Å². The Morgan fingerprint density at radius 3 is 3.05 bits per heavy atom. The van der Waals surface area contributed by atoms with Crippen LogP contribution in [0.1, 0.15) is 16.9 Å². The van der Waals surface area contributed by atoms with E-state index in [0.717, 1.165) is 35.4 Å². The Morgan fingerprint density at radius 2 is 2.19 bits per heavy atom. The number of nitrogens with two attached hydrogens (primary N) is 1. The van der Waals surface area contributed by atoms with Crippen molar-refractivity contribution in [3.8, 4) is 28.6 Å². The zero-order chi connectivity index (χ0) is 14.4. The summed E-state index contributed by atoms with van der Waals surface area (Å²) in [5.74, 6) is 1.10. The molecule has 0 fully saturated rings. The summed E-state index contributed by atoms with van der Waals surface area (Å²) in [6.45, 7) is 0. The van der Waals surface area contributed by atoms with Crippen molar-refractivity contribution >= 4 is 16.3 Å². The quantitative estimate of drug-likeness (QED) is 0.758. The second-order valence-electron chi connectivity index (χ2n) is 5.07. The minimum absolute atomic E-state index is 0.176. The third kappa shape index (κ3) is 1.99. The molecule has 2 aromatic heterocycles. The van der Waals surface area contributed by atoms with Gasteiger partial charge in [0.1, 0.15) is 5.75 Å². The lowest BCUT2D eigenvalue weighted by atomic mass is 10.1. The van der Waals surface area contributed by atoms with Crippen molar-refractivity contribution < 1.29 is 9.63 Å². The number of hydrogen-bond acceptors (Lipinski definition) is 6. The van der Waals surface area contributed by atoms with Crippen molar-refractivity contribution in [2.75, 3.05) is 5.73 Å². The second-order valence-corrected chi connectivity index (χ2v) is 6.21. The van der Waals surface area contributed by atoms with Gasteiger partial charge < -0.3 is 15.4 Å². The van der Waals surface area contributed by atoms with E-state index in [1.807, 2.05) is 6.07 Å². The molecule has 0 saturated heterocycles. The van der Waals surface area contributed by atoms with E-state index in [1.165, 1.54) is 10.4 Å². The van der Waals surface area contributed by atoms with Gasteiger partial charge >= 0.3 is 0 Å². The Labute approximate surface area is 125 Å². The van der Waals surface area contributed by atoms with Gasteiger partial charge in [-0.15, -0.1) is 11.3 Å². The van der Waals surface area contributed by atoms with Crippen LogP contribution >= 0.6 is 11.3 Å². The number of phenols is 1. The molecule has 5 nitrogen and oxygen atoms in total. The molecule has 0 radical (unpaired) electrons. The number of phenolic OH excluding ortho intramolecular Hbond substituents is 1. The number of nitrogen functional groups attached to an aromatic ring is 1. The van der Waals surface area contributed by atoms with E-state index in [-0.39, 0.29) is 5.75 Å². The standard InChI is InChI=1S/C15H13N3O2S/c16-13-12(10-5-2-6-11(10)21-13)15-17-14(18-20-15)8-3-1-4-9(19)7-8/h1,3-4,7,19H,2,5-6,16H2. The van der Waals surface area contributed by atoms with Crippen molar-refractivity contribution in [3.63, 3.8) is 0 Å². The summed E-state index contributed by atoms with van der Waals surface area (Å²) in [4.78, 5) is 5.77. The molecule has 0 unspecified atom stereocenters. The molecule has 1 aliphatic rings. The number of nitrogens with zero attached hydrogens (tertiary/aromatic N) is 2. The van der Waals surface area contributed by atoms with Crippen molar-refractivity contribution in [2.45, 2.75) is 19.3 Å². The van der Waals surface area contributed by atoms with Crippen molar-refractivity contribution in [1.29, 1.82) is 0 Å². The average molecular weight is 299 g/mol. The van der Waals surface area contributed by atoms with E-state index >= 15 is 0 Å². The van der Waals surface area contributed by atoms with Crippen LogP contribution in [0.5, 0.6) is 5.75 Å². The van der Waals surface area contributed by atoms with Gasteiger partial charge in [-0.25, -0.2) is 0 Å². The first kappa shape index (κ1) is 12.4. The first-order valence-corrected chi connectivity index (χ1v) is 7.57. The smallest absolute Gasteiger partial charge is 0.261 e. The largest absolute Gasteiger partial charge is 0.508 e. The van der Waals surface area contributed by atoms with E-state index in [9.17, 15) is 5.11 Å². The zero-order valence-electron chi connectivity index (χ0n) is 11.2. The summed E-state index contributed by atoms with van der Waals surface area (Å²) in [6, 6.07) is 6.79. The molecule has 0 atom stereocenters. The minimum Gasteiger partial charge on any atom is -0.508 e. The van der Waals surface area contributed by atoms with Crippen LogP contribution in [0.3, 0.4) is 0 Å². The van der Waals surface area contributed by atoms with Gasteiger partial charge in [0.2, 0.25) is 5.82 Å². The number of aromatic hydroxyl groups is 1. The molecule has 0 saturated carbocycles. The number of hydrogen-bond donors (Lipinski definition) is 2. The van der Waals surface area contributed by atoms with Crippen LogP contribution in [0, 0.1) is 0 Å². The van der Waals surface area contributed by atoms with Crippen LogP contribution in [0.15, 0.2) is 28.8 Å². The number of rotatable bonds is 2. The fraction of sp³-hybridized carbons (Fsp3) is 0.200. The molecule has 0 amide bonds. The highest BCUT2D eigenvalue weighted by atomic mass is 32.1. The van der Waals surface area contributed by atoms with Crippen molar-refractivity contribution in [1.82, 2.24) is 10.1 Å². The summed E-state index contributed by atoms with van der Waals surface area (Å²) < 4.78 is 5.39. The zero-order valence-corrected chi connectivity index (χ0v) is 12.0. The highest BCUT2D eigenvalue weighted by Gasteiger charge is 2.25. The fourth-order valence-electron chi connectivity index (χ4n) is 2.75. The van der Waals surface area contributed by atoms with Crippen molar-refractivity contribution in [2.24, 2.45) is 0 Å². The number of aromatic nitrogens is 2. The molecule has 106 valence electrons. The molecule has 3 aromatic rings. The van der Waals surface area contributed by atoms with Gasteiger partial charge in [0.05, 0.1) is 10.6 Å². The second kappa shape index (κ2) is 4.60. The first-order valence-electron chi connectivity index (χ1n) is 6.76. The fourth-order valence-corrected chi connectivity index (χ4v) is 3.90. The number of benzene rings is 1. The summed E-state index contributed by atoms with van der Waals surface area (Å²) in [7, 11) is 0. The van der Waals surface area contributed by atoms with Crippen LogP contribution in [0.2, 0.25) is 0 Å². The highest BCUT2D eigenvalue weighted by molar-refractivity contribution is 7.16. The number of thiophene rings is 1. The molecule has 21 heavy (non-hydrogen) atoms. The molecule has 6 heteroatoms.